The summed E-state index contributed by atoms with van der Waals surface area (Å²) >= 11 is 1.48. The SMILES string of the molecule is CCC(C)N(CC)c1nc(-c2ccccc2)c(C=O)s1. The maximum absolute atomic E-state index is 11.3. The Kier molecular flexibility index (Phi) is 4.90. The van der Waals surface area contributed by atoms with E-state index in [1.165, 1.54) is 11.3 Å². The fourth-order valence-corrected chi connectivity index (χ4v) is 3.25. The van der Waals surface area contributed by atoms with E-state index in [2.05, 4.69) is 25.7 Å². The zero-order chi connectivity index (χ0) is 14.5. The zero-order valence-electron chi connectivity index (χ0n) is 12.2. The first-order chi connectivity index (χ1) is 9.71. The topological polar surface area (TPSA) is 33.2 Å². The molecular weight excluding hydrogens is 268 g/mol. The Hall–Kier alpha value is -1.68. The third-order valence-corrected chi connectivity index (χ3v) is 4.52. The number of hydrogen-bond acceptors (Lipinski definition) is 4. The van der Waals surface area contributed by atoms with Gasteiger partial charge in [-0.05, 0) is 20.3 Å². The van der Waals surface area contributed by atoms with Crippen molar-refractivity contribution in [3.05, 3.63) is 35.2 Å². The second-order valence-electron chi connectivity index (χ2n) is 4.74. The van der Waals surface area contributed by atoms with Crippen molar-refractivity contribution < 1.29 is 4.79 Å². The average Bonchev–Trinajstić information content (AvgIpc) is 2.92. The lowest BCUT2D eigenvalue weighted by Crippen LogP contribution is -2.32. The molecule has 0 bridgehead atoms. The third kappa shape index (κ3) is 2.90. The van der Waals surface area contributed by atoms with Crippen molar-refractivity contribution in [2.75, 3.05) is 11.4 Å². The van der Waals surface area contributed by atoms with E-state index in [1.54, 1.807) is 0 Å². The van der Waals surface area contributed by atoms with E-state index >= 15 is 0 Å². The highest BCUT2D eigenvalue weighted by Crippen LogP contribution is 2.33. The minimum absolute atomic E-state index is 0.425. The number of aromatic nitrogens is 1. The molecule has 0 aliphatic heterocycles. The highest BCUT2D eigenvalue weighted by molar-refractivity contribution is 7.17. The molecule has 1 unspecified atom stereocenters. The van der Waals surface area contributed by atoms with Gasteiger partial charge in [0.25, 0.3) is 0 Å². The quantitative estimate of drug-likeness (QED) is 0.745. The summed E-state index contributed by atoms with van der Waals surface area (Å²) in [6.45, 7) is 7.37. The molecular formula is C16H20N2OS. The Morgan fingerprint density at radius 2 is 2.00 bits per heavy atom. The van der Waals surface area contributed by atoms with Crippen LogP contribution in [0.15, 0.2) is 30.3 Å². The van der Waals surface area contributed by atoms with Gasteiger partial charge in [0.15, 0.2) is 11.4 Å². The molecule has 3 nitrogen and oxygen atoms in total. The Morgan fingerprint density at radius 3 is 2.55 bits per heavy atom. The first-order valence-electron chi connectivity index (χ1n) is 6.99. The highest BCUT2D eigenvalue weighted by atomic mass is 32.1. The Balaban J connectivity index is 2.43. The summed E-state index contributed by atoms with van der Waals surface area (Å²) in [5.41, 5.74) is 1.79. The molecule has 0 amide bonds. The summed E-state index contributed by atoms with van der Waals surface area (Å²) in [7, 11) is 0. The minimum Gasteiger partial charge on any atom is -0.346 e. The molecule has 2 rings (SSSR count). The number of carbonyl (C=O) groups excluding carboxylic acids is 1. The van der Waals surface area contributed by atoms with Crippen molar-refractivity contribution in [2.45, 2.75) is 33.2 Å². The molecule has 1 aromatic heterocycles. The molecule has 4 heteroatoms. The minimum atomic E-state index is 0.425. The van der Waals surface area contributed by atoms with Crippen LogP contribution in [0.3, 0.4) is 0 Å². The van der Waals surface area contributed by atoms with Crippen molar-refractivity contribution in [3.63, 3.8) is 0 Å². The fraction of sp³-hybridized carbons (Fsp3) is 0.375. The van der Waals surface area contributed by atoms with Crippen LogP contribution in [0, 0.1) is 0 Å². The first kappa shape index (κ1) is 14.7. The molecule has 0 saturated carbocycles. The molecule has 0 fully saturated rings. The van der Waals surface area contributed by atoms with Gasteiger partial charge in [0, 0.05) is 18.2 Å². The van der Waals surface area contributed by atoms with Gasteiger partial charge in [0.05, 0.1) is 10.6 Å². The molecule has 0 N–H and O–H groups in total. The number of benzene rings is 1. The van der Waals surface area contributed by atoms with E-state index in [0.717, 1.165) is 35.6 Å². The summed E-state index contributed by atoms with van der Waals surface area (Å²) in [6, 6.07) is 10.3. The van der Waals surface area contributed by atoms with Crippen LogP contribution in [0.4, 0.5) is 5.13 Å². The molecule has 0 aliphatic rings. The maximum Gasteiger partial charge on any atom is 0.186 e. The standard InChI is InChI=1S/C16H20N2OS/c1-4-12(3)18(5-2)16-17-15(14(11-19)20-16)13-9-7-6-8-10-13/h6-12H,4-5H2,1-3H3. The van der Waals surface area contributed by atoms with Crippen molar-refractivity contribution in [3.8, 4) is 11.3 Å². The van der Waals surface area contributed by atoms with Crippen molar-refractivity contribution >= 4 is 22.8 Å². The molecule has 0 spiro atoms. The molecule has 1 atom stereocenters. The Labute approximate surface area is 124 Å². The highest BCUT2D eigenvalue weighted by Gasteiger charge is 2.19. The predicted octanol–water partition coefficient (Wildman–Crippen LogP) is 4.25. The second kappa shape index (κ2) is 6.66. The van der Waals surface area contributed by atoms with Gasteiger partial charge in [-0.25, -0.2) is 4.98 Å². The van der Waals surface area contributed by atoms with Crippen LogP contribution in [0.5, 0.6) is 0 Å². The van der Waals surface area contributed by atoms with Crippen LogP contribution < -0.4 is 4.90 Å². The molecule has 0 radical (unpaired) electrons. The van der Waals surface area contributed by atoms with Crippen LogP contribution >= 0.6 is 11.3 Å². The van der Waals surface area contributed by atoms with E-state index in [0.29, 0.717) is 10.9 Å². The number of nitrogens with zero attached hydrogens (tertiary/aromatic N) is 2. The van der Waals surface area contributed by atoms with E-state index in [9.17, 15) is 4.79 Å². The number of anilines is 1. The van der Waals surface area contributed by atoms with Crippen molar-refractivity contribution in [1.82, 2.24) is 4.98 Å². The fourth-order valence-electron chi connectivity index (χ4n) is 2.18. The largest absolute Gasteiger partial charge is 0.346 e. The lowest BCUT2D eigenvalue weighted by atomic mass is 10.1. The van der Waals surface area contributed by atoms with E-state index in [4.69, 9.17) is 4.98 Å². The average molecular weight is 288 g/mol. The van der Waals surface area contributed by atoms with E-state index in [1.807, 2.05) is 30.3 Å². The van der Waals surface area contributed by atoms with Gasteiger partial charge in [-0.2, -0.15) is 0 Å². The van der Waals surface area contributed by atoms with Crippen LogP contribution in [-0.4, -0.2) is 23.9 Å². The van der Waals surface area contributed by atoms with Crippen LogP contribution in [-0.2, 0) is 0 Å². The summed E-state index contributed by atoms with van der Waals surface area (Å²) in [5, 5.41) is 0.933. The lowest BCUT2D eigenvalue weighted by Gasteiger charge is -2.26. The number of hydrogen-bond donors (Lipinski definition) is 0. The van der Waals surface area contributed by atoms with Crippen molar-refractivity contribution in [1.29, 1.82) is 0 Å². The van der Waals surface area contributed by atoms with E-state index < -0.39 is 0 Å². The summed E-state index contributed by atoms with van der Waals surface area (Å²) < 4.78 is 0. The Morgan fingerprint density at radius 1 is 1.30 bits per heavy atom. The number of aldehydes is 1. The molecule has 0 saturated heterocycles. The van der Waals surface area contributed by atoms with Gasteiger partial charge in [0.2, 0.25) is 0 Å². The van der Waals surface area contributed by atoms with Gasteiger partial charge >= 0.3 is 0 Å². The lowest BCUT2D eigenvalue weighted by molar-refractivity contribution is 0.112. The first-order valence-corrected chi connectivity index (χ1v) is 7.80. The van der Waals surface area contributed by atoms with Crippen LogP contribution in [0.25, 0.3) is 11.3 Å². The molecule has 0 aliphatic carbocycles. The van der Waals surface area contributed by atoms with Crippen LogP contribution in [0.1, 0.15) is 36.9 Å². The Bertz CT molecular complexity index is 565. The van der Waals surface area contributed by atoms with Gasteiger partial charge in [-0.3, -0.25) is 4.79 Å². The van der Waals surface area contributed by atoms with Gasteiger partial charge in [-0.15, -0.1) is 0 Å². The van der Waals surface area contributed by atoms with Gasteiger partial charge in [-0.1, -0.05) is 48.6 Å². The number of carbonyl (C=O) groups is 1. The van der Waals surface area contributed by atoms with Crippen LogP contribution in [0.2, 0.25) is 0 Å². The molecule has 1 heterocycles. The predicted molar refractivity (Wildman–Crippen MR) is 85.7 cm³/mol. The van der Waals surface area contributed by atoms with E-state index in [-0.39, 0.29) is 0 Å². The smallest absolute Gasteiger partial charge is 0.186 e. The van der Waals surface area contributed by atoms with Gasteiger partial charge < -0.3 is 4.90 Å². The van der Waals surface area contributed by atoms with Crippen molar-refractivity contribution in [2.24, 2.45) is 0 Å². The number of rotatable bonds is 6. The third-order valence-electron chi connectivity index (χ3n) is 3.51. The monoisotopic (exact) mass is 288 g/mol. The second-order valence-corrected chi connectivity index (χ2v) is 5.75. The molecule has 2 aromatic rings. The zero-order valence-corrected chi connectivity index (χ0v) is 13.0. The molecule has 20 heavy (non-hydrogen) atoms. The van der Waals surface area contributed by atoms with Gasteiger partial charge in [0.1, 0.15) is 0 Å². The summed E-state index contributed by atoms with van der Waals surface area (Å²) in [6.07, 6.45) is 1.97. The normalized spacial score (nSPS) is 12.2. The molecule has 106 valence electrons. The molecule has 1 aromatic carbocycles. The number of thiazole rings is 1. The maximum atomic E-state index is 11.3. The summed E-state index contributed by atoms with van der Waals surface area (Å²) in [5.74, 6) is 0. The summed E-state index contributed by atoms with van der Waals surface area (Å²) in [4.78, 5) is 19.0.